The number of carboxylic acid groups (broad SMARTS) is 1. The molecule has 0 amide bonds. The van der Waals surface area contributed by atoms with Gasteiger partial charge in [0.2, 0.25) is 0 Å². The van der Waals surface area contributed by atoms with Crippen molar-refractivity contribution in [2.24, 2.45) is 0 Å². The highest BCUT2D eigenvalue weighted by Crippen LogP contribution is 2.25. The van der Waals surface area contributed by atoms with Gasteiger partial charge in [0.1, 0.15) is 0 Å². The summed E-state index contributed by atoms with van der Waals surface area (Å²) in [4.78, 5) is 11.0. The molecule has 0 heterocycles. The van der Waals surface area contributed by atoms with E-state index in [2.05, 4.69) is 17.4 Å². The van der Waals surface area contributed by atoms with Crippen LogP contribution in [-0.4, -0.2) is 69.0 Å². The van der Waals surface area contributed by atoms with E-state index >= 15 is 0 Å². The predicted octanol–water partition coefficient (Wildman–Crippen LogP) is 4.53. The molecule has 0 fully saturated rings. The first-order chi connectivity index (χ1) is 18.3. The molecule has 0 saturated heterocycles. The number of aryl methyl sites for hydroxylation is 1. The van der Waals surface area contributed by atoms with Gasteiger partial charge in [-0.15, -0.1) is 0 Å². The average Bonchev–Trinajstić information content (AvgIpc) is 2.92. The largest absolute Gasteiger partial charge is 0.481 e. The van der Waals surface area contributed by atoms with E-state index in [1.165, 1.54) is 5.56 Å². The van der Waals surface area contributed by atoms with E-state index in [0.29, 0.717) is 25.7 Å². The van der Waals surface area contributed by atoms with E-state index in [-0.39, 0.29) is 19.1 Å². The van der Waals surface area contributed by atoms with E-state index in [4.69, 9.17) is 5.11 Å². The lowest BCUT2D eigenvalue weighted by Crippen LogP contribution is -2.29. The highest BCUT2D eigenvalue weighted by atomic mass is 16.4. The number of allylic oxidation sites excluding steroid dienone is 2. The Kier molecular flexibility index (Phi) is 18.7. The molecule has 0 bridgehead atoms. The number of hydrogen-bond acceptors (Lipinski definition) is 6. The maximum absolute atomic E-state index is 11.0. The minimum Gasteiger partial charge on any atom is -0.481 e. The van der Waals surface area contributed by atoms with Gasteiger partial charge < -0.3 is 30.8 Å². The van der Waals surface area contributed by atoms with E-state index < -0.39 is 24.3 Å². The van der Waals surface area contributed by atoms with Gasteiger partial charge in [0, 0.05) is 12.5 Å². The Labute approximate surface area is 229 Å². The van der Waals surface area contributed by atoms with Crippen molar-refractivity contribution >= 4 is 5.97 Å². The number of rotatable bonds is 22. The Morgan fingerprint density at radius 1 is 0.947 bits per heavy atom. The fraction of sp³-hybridized carbons (Fsp3) is 0.645. The molecule has 216 valence electrons. The molecule has 0 unspecified atom stereocenters. The lowest BCUT2D eigenvalue weighted by atomic mass is 9.91. The van der Waals surface area contributed by atoms with Gasteiger partial charge in [-0.3, -0.25) is 4.79 Å². The summed E-state index contributed by atoms with van der Waals surface area (Å²) in [6.07, 6.45) is 9.19. The van der Waals surface area contributed by atoms with Crippen molar-refractivity contribution < 1.29 is 30.3 Å². The van der Waals surface area contributed by atoms with Crippen molar-refractivity contribution in [3.05, 3.63) is 59.2 Å². The molecule has 1 aromatic carbocycles. The van der Waals surface area contributed by atoms with Crippen LogP contribution in [0.2, 0.25) is 0 Å². The summed E-state index contributed by atoms with van der Waals surface area (Å²) >= 11 is 0. The van der Waals surface area contributed by atoms with E-state index in [1.807, 2.05) is 38.1 Å². The summed E-state index contributed by atoms with van der Waals surface area (Å²) in [5.41, 5.74) is 3.24. The molecule has 0 radical (unpaired) electrons. The molecule has 1 rings (SSSR count). The minimum absolute atomic E-state index is 0.145. The number of aliphatic hydroxyl groups is 4. The minimum atomic E-state index is -0.965. The second-order valence-electron chi connectivity index (χ2n) is 10.1. The Bertz CT molecular complexity index is 810. The molecule has 0 spiro atoms. The zero-order chi connectivity index (χ0) is 28.2. The van der Waals surface area contributed by atoms with Crippen molar-refractivity contribution in [1.82, 2.24) is 5.32 Å². The smallest absolute Gasteiger partial charge is 0.303 e. The van der Waals surface area contributed by atoms with Crippen LogP contribution in [0.3, 0.4) is 0 Å². The lowest BCUT2D eigenvalue weighted by molar-refractivity contribution is -0.137. The zero-order valence-electron chi connectivity index (χ0n) is 23.4. The Balaban J connectivity index is 3.04. The van der Waals surface area contributed by atoms with Crippen LogP contribution in [0.15, 0.2) is 53.6 Å². The van der Waals surface area contributed by atoms with Crippen LogP contribution in [0.5, 0.6) is 0 Å². The molecule has 7 heteroatoms. The van der Waals surface area contributed by atoms with E-state index in [9.17, 15) is 25.2 Å². The summed E-state index contributed by atoms with van der Waals surface area (Å²) in [6.45, 7) is 4.53. The maximum Gasteiger partial charge on any atom is 0.303 e. The monoisotopic (exact) mass is 533 g/mol. The third kappa shape index (κ3) is 15.4. The normalized spacial score (nSPS) is 15.7. The quantitative estimate of drug-likeness (QED) is 0.0954. The molecule has 0 aromatic heterocycles. The topological polar surface area (TPSA) is 130 Å². The van der Waals surface area contributed by atoms with Crippen molar-refractivity contribution in [2.45, 2.75) is 115 Å². The standard InChI is InChI=1S/C31H51NO6/c1-3-5-15-29(35)30(36)20-18-25(17-16-24-11-7-6-8-12-24)26(22-28(34)23-33)13-9-10-14-27(32-4-2)19-21-31(37)38/h6-8,11-12,18,20,27-30,32-36H,3-5,9-10,13-17,19,21-23H2,1-2H3,(H,37,38)/b20-18+,26-25-/t27-,28+,29+,30-/m1/s1. The van der Waals surface area contributed by atoms with Crippen LogP contribution < -0.4 is 5.32 Å². The molecular weight excluding hydrogens is 482 g/mol. The van der Waals surface area contributed by atoms with E-state index in [0.717, 1.165) is 62.6 Å². The Morgan fingerprint density at radius 3 is 2.32 bits per heavy atom. The molecule has 38 heavy (non-hydrogen) atoms. The zero-order valence-corrected chi connectivity index (χ0v) is 23.4. The molecule has 6 N–H and O–H groups in total. The first-order valence-electron chi connectivity index (χ1n) is 14.3. The lowest BCUT2D eigenvalue weighted by Gasteiger charge is -2.19. The average molecular weight is 534 g/mol. The maximum atomic E-state index is 11.0. The van der Waals surface area contributed by atoms with Gasteiger partial charge in [0.25, 0.3) is 0 Å². The summed E-state index contributed by atoms with van der Waals surface area (Å²) < 4.78 is 0. The number of carbonyl (C=O) groups is 1. The molecule has 7 nitrogen and oxygen atoms in total. The third-order valence-electron chi connectivity index (χ3n) is 6.90. The highest BCUT2D eigenvalue weighted by Gasteiger charge is 2.16. The fourth-order valence-corrected chi connectivity index (χ4v) is 4.64. The summed E-state index contributed by atoms with van der Waals surface area (Å²) in [7, 11) is 0. The second kappa shape index (κ2) is 20.9. The number of benzene rings is 1. The molecule has 0 aliphatic carbocycles. The molecular formula is C31H51NO6. The molecule has 0 aliphatic heterocycles. The number of carboxylic acids is 1. The van der Waals surface area contributed by atoms with Crippen LogP contribution in [0.4, 0.5) is 0 Å². The van der Waals surface area contributed by atoms with Gasteiger partial charge in [-0.2, -0.15) is 0 Å². The SMILES string of the molecule is CCCC[C@H](O)[C@H](O)/C=C/C(CCc1ccccc1)=C(/CCCC[C@H](CCC(=O)O)NCC)C[C@H](O)CO. The van der Waals surface area contributed by atoms with Crippen LogP contribution >= 0.6 is 0 Å². The number of hydrogen-bond donors (Lipinski definition) is 6. The van der Waals surface area contributed by atoms with Crippen LogP contribution in [0.1, 0.15) is 90.0 Å². The predicted molar refractivity (Wildman–Crippen MR) is 153 cm³/mol. The summed E-state index contributed by atoms with van der Waals surface area (Å²) in [5, 5.41) is 53.0. The fourth-order valence-electron chi connectivity index (χ4n) is 4.64. The van der Waals surface area contributed by atoms with E-state index in [1.54, 1.807) is 6.08 Å². The Morgan fingerprint density at radius 2 is 1.68 bits per heavy atom. The highest BCUT2D eigenvalue weighted by molar-refractivity contribution is 5.66. The summed E-state index contributed by atoms with van der Waals surface area (Å²) in [5.74, 6) is -0.784. The molecule has 0 aliphatic rings. The first-order valence-corrected chi connectivity index (χ1v) is 14.3. The molecule has 1 aromatic rings. The van der Waals surface area contributed by atoms with Gasteiger partial charge in [-0.25, -0.2) is 0 Å². The van der Waals surface area contributed by atoms with Crippen LogP contribution in [0.25, 0.3) is 0 Å². The van der Waals surface area contributed by atoms with Gasteiger partial charge in [0.15, 0.2) is 0 Å². The van der Waals surface area contributed by atoms with Crippen molar-refractivity contribution in [1.29, 1.82) is 0 Å². The number of aliphatic hydroxyl groups excluding tert-OH is 4. The molecule has 4 atom stereocenters. The third-order valence-corrected chi connectivity index (χ3v) is 6.90. The van der Waals surface area contributed by atoms with Gasteiger partial charge in [-0.05, 0) is 69.0 Å². The number of nitrogens with one attached hydrogen (secondary N) is 1. The second-order valence-corrected chi connectivity index (χ2v) is 10.1. The van der Waals surface area contributed by atoms with Crippen molar-refractivity contribution in [2.75, 3.05) is 13.2 Å². The number of aliphatic carboxylic acids is 1. The summed E-state index contributed by atoms with van der Waals surface area (Å²) in [6, 6.07) is 10.3. The molecule has 0 saturated carbocycles. The van der Waals surface area contributed by atoms with Gasteiger partial charge in [0.05, 0.1) is 24.9 Å². The van der Waals surface area contributed by atoms with Crippen LogP contribution in [-0.2, 0) is 11.2 Å². The van der Waals surface area contributed by atoms with Crippen molar-refractivity contribution in [3.8, 4) is 0 Å². The van der Waals surface area contributed by atoms with Gasteiger partial charge in [-0.1, -0.05) is 81.2 Å². The number of unbranched alkanes of at least 4 members (excludes halogenated alkanes) is 2. The van der Waals surface area contributed by atoms with Crippen LogP contribution in [0, 0.1) is 0 Å². The first kappa shape index (κ1) is 34.0. The Hall–Kier alpha value is -2.03. The van der Waals surface area contributed by atoms with Gasteiger partial charge >= 0.3 is 5.97 Å². The van der Waals surface area contributed by atoms with Crippen molar-refractivity contribution in [3.63, 3.8) is 0 Å².